The Morgan fingerprint density at radius 2 is 1.70 bits per heavy atom. The fraction of sp³-hybridized carbons (Fsp3) is 1.00. The molecule has 2 fully saturated rings. The van der Waals surface area contributed by atoms with Crippen molar-refractivity contribution < 1.29 is 59.7 Å². The maximum Gasteiger partial charge on any atom is 0.185 e. The number of methoxy groups -OCH3 is 1. The fourth-order valence-corrected chi connectivity index (χ4v) is 3.25. The number of hydrogen-bond donors (Lipinski definition) is 6. The minimum atomic E-state index is -1.53. The summed E-state index contributed by atoms with van der Waals surface area (Å²) in [5, 5.41) is 62.5. The molecule has 6 N–H and O–H groups in total. The van der Waals surface area contributed by atoms with E-state index in [0.717, 1.165) is 0 Å². The molecule has 0 amide bonds. The fourth-order valence-electron chi connectivity index (χ4n) is 3.25. The summed E-state index contributed by atoms with van der Waals surface area (Å²) in [4.78, 5) is 4.49. The molecule has 160 valence electrons. The van der Waals surface area contributed by atoms with E-state index >= 15 is 0 Å². The number of ether oxygens (including phenoxy) is 4. The lowest BCUT2D eigenvalue weighted by molar-refractivity contribution is -0.495. The van der Waals surface area contributed by atoms with Gasteiger partial charge in [0.05, 0.1) is 32.0 Å². The third-order valence-electron chi connectivity index (χ3n) is 4.99. The Balaban J connectivity index is 2.19. The number of aliphatic hydroxyl groups excluding tert-OH is 5. The van der Waals surface area contributed by atoms with Gasteiger partial charge in [0.1, 0.15) is 24.4 Å². The van der Waals surface area contributed by atoms with Gasteiger partial charge in [0.2, 0.25) is 0 Å². The Labute approximate surface area is 155 Å². The lowest BCUT2D eigenvalue weighted by Crippen LogP contribution is -2.58. The minimum absolute atomic E-state index is 0.106. The van der Waals surface area contributed by atoms with Crippen LogP contribution < -0.4 is 0 Å². The first-order valence-electron chi connectivity index (χ1n) is 8.57. The molecular weight excluding hydrogens is 372 g/mol. The van der Waals surface area contributed by atoms with E-state index in [4.69, 9.17) is 24.2 Å². The van der Waals surface area contributed by atoms with Crippen molar-refractivity contribution in [2.45, 2.75) is 56.1 Å². The normalized spacial score (nSPS) is 46.2. The number of rotatable bonds is 7. The van der Waals surface area contributed by atoms with Crippen molar-refractivity contribution in [1.82, 2.24) is 0 Å². The molecule has 2 aliphatic rings. The maximum absolute atomic E-state index is 10.5. The van der Waals surface area contributed by atoms with Crippen molar-refractivity contribution in [2.24, 2.45) is 11.8 Å². The summed E-state index contributed by atoms with van der Waals surface area (Å²) in [7, 11) is 1.28. The molecule has 4 unspecified atom stereocenters. The van der Waals surface area contributed by atoms with E-state index in [0.29, 0.717) is 0 Å². The molecule has 27 heavy (non-hydrogen) atoms. The van der Waals surface area contributed by atoms with Crippen molar-refractivity contribution in [1.29, 1.82) is 0 Å². The quantitative estimate of drug-likeness (QED) is 0.191. The molecule has 12 heteroatoms. The second kappa shape index (κ2) is 10.3. The highest BCUT2D eigenvalue weighted by Crippen LogP contribution is 2.31. The third-order valence-corrected chi connectivity index (χ3v) is 4.99. The van der Waals surface area contributed by atoms with Gasteiger partial charge in [-0.25, -0.2) is 10.1 Å². The smallest absolute Gasteiger partial charge is 0.185 e. The van der Waals surface area contributed by atoms with Gasteiger partial charge >= 0.3 is 0 Å². The van der Waals surface area contributed by atoms with E-state index in [1.54, 1.807) is 6.92 Å². The number of aliphatic hydroxyl groups is 5. The van der Waals surface area contributed by atoms with Crippen LogP contribution in [0, 0.1) is 11.8 Å². The molecule has 0 aromatic carbocycles. The Morgan fingerprint density at radius 1 is 1.00 bits per heavy atom. The summed E-state index contributed by atoms with van der Waals surface area (Å²) in [6.07, 6.45) is -10.1. The van der Waals surface area contributed by atoms with Crippen LogP contribution in [-0.2, 0) is 28.9 Å². The summed E-state index contributed by atoms with van der Waals surface area (Å²) < 4.78 is 21.4. The van der Waals surface area contributed by atoms with Gasteiger partial charge in [-0.05, 0) is 0 Å². The summed E-state index contributed by atoms with van der Waals surface area (Å²) >= 11 is 0. The van der Waals surface area contributed by atoms with E-state index in [-0.39, 0.29) is 13.2 Å². The van der Waals surface area contributed by atoms with Gasteiger partial charge in [-0.1, -0.05) is 12.0 Å². The summed E-state index contributed by atoms with van der Waals surface area (Å²) in [6, 6.07) is 0. The predicted molar refractivity (Wildman–Crippen MR) is 83.7 cm³/mol. The maximum atomic E-state index is 10.5. The third kappa shape index (κ3) is 5.12. The van der Waals surface area contributed by atoms with Crippen LogP contribution in [0.2, 0.25) is 0 Å². The summed E-state index contributed by atoms with van der Waals surface area (Å²) in [5.41, 5.74) is 0. The van der Waals surface area contributed by atoms with Crippen LogP contribution in [0.3, 0.4) is 0 Å². The Kier molecular flexibility index (Phi) is 8.73. The molecule has 2 aliphatic heterocycles. The van der Waals surface area contributed by atoms with Crippen molar-refractivity contribution in [2.75, 3.05) is 26.9 Å². The monoisotopic (exact) mass is 400 g/mol. The van der Waals surface area contributed by atoms with Crippen LogP contribution in [0.5, 0.6) is 0 Å². The molecular formula is C15H28O12. The van der Waals surface area contributed by atoms with Gasteiger partial charge in [-0.15, -0.1) is 0 Å². The van der Waals surface area contributed by atoms with Crippen LogP contribution in [0.25, 0.3) is 0 Å². The largest absolute Gasteiger partial charge is 0.394 e. The average Bonchev–Trinajstić information content (AvgIpc) is 2.78. The zero-order chi connectivity index (χ0) is 20.1. The SMILES string of the molecule is CO[C@@H]1OCC(COOO)[C@H](O[C@@H]2OC(CO)[C@H](O)[C@H](C)C2O)C(O)[C@@H]1O. The highest BCUT2D eigenvalue weighted by molar-refractivity contribution is 4.91. The van der Waals surface area contributed by atoms with E-state index < -0.39 is 67.6 Å². The molecule has 2 heterocycles. The molecule has 0 bridgehead atoms. The van der Waals surface area contributed by atoms with Crippen LogP contribution >= 0.6 is 0 Å². The van der Waals surface area contributed by atoms with Gasteiger partial charge in [0, 0.05) is 18.9 Å². The second-order valence-corrected chi connectivity index (χ2v) is 6.70. The molecule has 0 saturated carbocycles. The highest BCUT2D eigenvalue weighted by Gasteiger charge is 2.48. The van der Waals surface area contributed by atoms with Crippen LogP contribution in [0.15, 0.2) is 0 Å². The Bertz CT molecular complexity index is 437. The van der Waals surface area contributed by atoms with Crippen LogP contribution in [0.1, 0.15) is 6.92 Å². The van der Waals surface area contributed by atoms with E-state index in [1.165, 1.54) is 7.11 Å². The average molecular weight is 400 g/mol. The van der Waals surface area contributed by atoms with Gasteiger partial charge in [0.25, 0.3) is 0 Å². The molecule has 0 radical (unpaired) electrons. The molecule has 0 aromatic heterocycles. The van der Waals surface area contributed by atoms with Gasteiger partial charge < -0.3 is 44.5 Å². The lowest BCUT2D eigenvalue weighted by Gasteiger charge is -2.43. The first-order valence-corrected chi connectivity index (χ1v) is 8.57. The molecule has 2 saturated heterocycles. The van der Waals surface area contributed by atoms with E-state index in [1.807, 2.05) is 0 Å². The Hall–Kier alpha value is -0.480. The highest BCUT2D eigenvalue weighted by atomic mass is 17.5. The zero-order valence-corrected chi connectivity index (χ0v) is 15.0. The van der Waals surface area contributed by atoms with E-state index in [9.17, 15) is 25.5 Å². The second-order valence-electron chi connectivity index (χ2n) is 6.70. The van der Waals surface area contributed by atoms with Gasteiger partial charge in [0.15, 0.2) is 12.6 Å². The first-order chi connectivity index (χ1) is 12.8. The lowest BCUT2D eigenvalue weighted by atomic mass is 9.90. The molecule has 0 aliphatic carbocycles. The van der Waals surface area contributed by atoms with E-state index in [2.05, 4.69) is 9.93 Å². The molecule has 10 atom stereocenters. The first kappa shape index (κ1) is 22.8. The van der Waals surface area contributed by atoms with Crippen molar-refractivity contribution >= 4 is 0 Å². The standard InChI is InChI=1S/C15H28O12/c1-6-9(17)8(3-16)25-15(10(6)18)26-13-7(5-24-27-21)4-23-14(22-2)12(20)11(13)19/h6-21H,3-5H2,1-2H3/t6-,7?,8?,9+,10?,11?,12-,13-,14+,15-/m0/s1. The summed E-state index contributed by atoms with van der Waals surface area (Å²) in [5.74, 6) is -1.44. The molecule has 2 rings (SSSR count). The molecule has 0 aromatic rings. The minimum Gasteiger partial charge on any atom is -0.394 e. The number of hydrogen-bond acceptors (Lipinski definition) is 12. The van der Waals surface area contributed by atoms with Crippen molar-refractivity contribution in [3.05, 3.63) is 0 Å². The van der Waals surface area contributed by atoms with Gasteiger partial charge in [-0.3, -0.25) is 0 Å². The summed E-state index contributed by atoms with van der Waals surface area (Å²) in [6.45, 7) is 0.657. The Morgan fingerprint density at radius 3 is 2.30 bits per heavy atom. The predicted octanol–water partition coefficient (Wildman–Crippen LogP) is -2.79. The zero-order valence-electron chi connectivity index (χ0n) is 15.0. The molecule has 12 nitrogen and oxygen atoms in total. The molecule has 0 spiro atoms. The van der Waals surface area contributed by atoms with Gasteiger partial charge in [-0.2, -0.15) is 0 Å². The van der Waals surface area contributed by atoms with Crippen molar-refractivity contribution in [3.63, 3.8) is 0 Å². The van der Waals surface area contributed by atoms with Crippen molar-refractivity contribution in [3.8, 4) is 0 Å². The van der Waals surface area contributed by atoms with Crippen LogP contribution in [0.4, 0.5) is 0 Å². The topological polar surface area (TPSA) is 177 Å². The van der Waals surface area contributed by atoms with Crippen LogP contribution in [-0.4, -0.2) is 107 Å².